The van der Waals surface area contributed by atoms with E-state index in [2.05, 4.69) is 50.2 Å². The lowest BCUT2D eigenvalue weighted by molar-refractivity contribution is 0.189. The Balaban J connectivity index is 1.26. The van der Waals surface area contributed by atoms with E-state index in [1.165, 1.54) is 151 Å². The average Bonchev–Trinajstić information content (AvgIpc) is 3.27. The second-order valence-electron chi connectivity index (χ2n) is 16.2. The molecule has 4 atom stereocenters. The van der Waals surface area contributed by atoms with Crippen LogP contribution in [0.3, 0.4) is 0 Å². The molecular formula is C44H66O2P2. The van der Waals surface area contributed by atoms with Crippen LogP contribution in [-0.4, -0.2) is 34.8 Å². The summed E-state index contributed by atoms with van der Waals surface area (Å²) in [6, 6.07) is 14.7. The van der Waals surface area contributed by atoms with Crippen molar-refractivity contribution in [2.45, 2.75) is 203 Å². The number of para-hydroxylation sites is 2. The Bertz CT molecular complexity index is 1270. The second kappa shape index (κ2) is 17.4. The lowest BCUT2D eigenvalue weighted by Gasteiger charge is -2.40. The Morgan fingerprint density at radius 3 is 1.60 bits per heavy atom. The molecule has 3 aliphatic carbocycles. The topological polar surface area (TPSA) is 18.5 Å². The van der Waals surface area contributed by atoms with E-state index in [1.54, 1.807) is 10.6 Å². The molecule has 0 radical (unpaired) electrons. The van der Waals surface area contributed by atoms with Gasteiger partial charge in [0.05, 0.1) is 0 Å². The van der Waals surface area contributed by atoms with Gasteiger partial charge in [0.15, 0.2) is 0 Å². The molecule has 0 N–H and O–H groups in total. The molecule has 3 saturated carbocycles. The fourth-order valence-corrected chi connectivity index (χ4v) is 18.1. The minimum atomic E-state index is -0.262. The second-order valence-corrected chi connectivity index (χ2v) is 21.8. The Hall–Kier alpha value is -1.10. The molecule has 3 fully saturated rings. The van der Waals surface area contributed by atoms with Gasteiger partial charge in [-0.1, -0.05) is 137 Å². The van der Waals surface area contributed by atoms with Crippen LogP contribution in [-0.2, 0) is 12.8 Å². The normalized spacial score (nSPS) is 25.7. The van der Waals surface area contributed by atoms with Gasteiger partial charge in [0.2, 0.25) is 0 Å². The Morgan fingerprint density at radius 2 is 1.08 bits per heavy atom. The predicted octanol–water partition coefficient (Wildman–Crippen LogP) is 12.3. The van der Waals surface area contributed by atoms with Crippen LogP contribution >= 0.6 is 15.8 Å². The fraction of sp³-hybridized carbons (Fsp3) is 0.727. The van der Waals surface area contributed by atoms with Gasteiger partial charge in [-0.15, -0.1) is 0 Å². The number of ether oxygens (including phenoxy) is 2. The molecule has 7 rings (SSSR count). The molecule has 264 valence electrons. The van der Waals surface area contributed by atoms with Gasteiger partial charge in [-0.2, -0.15) is 0 Å². The lowest BCUT2D eigenvalue weighted by Crippen LogP contribution is -2.31. The summed E-state index contributed by atoms with van der Waals surface area (Å²) in [6.07, 6.45) is 32.8. The van der Waals surface area contributed by atoms with Gasteiger partial charge in [-0.25, -0.2) is 0 Å². The largest absolute Gasteiger partial charge is 0.489 e. The zero-order valence-corrected chi connectivity index (χ0v) is 32.4. The van der Waals surface area contributed by atoms with E-state index in [0.717, 1.165) is 48.3 Å². The first kappa shape index (κ1) is 35.3. The number of unbranched alkanes of at least 4 members (excludes halogenated alkanes) is 1. The maximum atomic E-state index is 7.50. The maximum absolute atomic E-state index is 7.50. The Kier molecular flexibility index (Phi) is 12.8. The third-order valence-electron chi connectivity index (χ3n) is 12.9. The van der Waals surface area contributed by atoms with Crippen molar-refractivity contribution in [3.63, 3.8) is 0 Å². The molecule has 48 heavy (non-hydrogen) atoms. The summed E-state index contributed by atoms with van der Waals surface area (Å²) in [5, 5.41) is 3.26. The Labute approximate surface area is 296 Å². The molecule has 0 saturated heterocycles. The van der Waals surface area contributed by atoms with E-state index in [0.29, 0.717) is 0 Å². The van der Waals surface area contributed by atoms with E-state index < -0.39 is 0 Å². The van der Waals surface area contributed by atoms with Crippen LogP contribution in [0.5, 0.6) is 11.5 Å². The number of hydrogen-bond acceptors (Lipinski definition) is 2. The molecule has 0 spiro atoms. The summed E-state index contributed by atoms with van der Waals surface area (Å²) < 4.78 is 15.0. The van der Waals surface area contributed by atoms with E-state index in [-0.39, 0.29) is 28.1 Å². The molecule has 2 aliphatic heterocycles. The summed E-state index contributed by atoms with van der Waals surface area (Å²) in [6.45, 7) is 4.85. The van der Waals surface area contributed by atoms with Crippen molar-refractivity contribution in [2.24, 2.45) is 0 Å². The molecule has 0 aromatic heterocycles. The highest BCUT2D eigenvalue weighted by atomic mass is 31.1. The molecule has 2 bridgehead atoms. The summed E-state index contributed by atoms with van der Waals surface area (Å²) in [5.41, 5.74) is 6.35. The van der Waals surface area contributed by atoms with Gasteiger partial charge >= 0.3 is 0 Å². The van der Waals surface area contributed by atoms with Gasteiger partial charge in [0, 0.05) is 23.5 Å². The van der Waals surface area contributed by atoms with E-state index in [4.69, 9.17) is 9.47 Å². The summed E-state index contributed by atoms with van der Waals surface area (Å²) >= 11 is 0. The van der Waals surface area contributed by atoms with Crippen LogP contribution in [0.2, 0.25) is 0 Å². The number of rotatable bonds is 10. The van der Waals surface area contributed by atoms with Gasteiger partial charge in [0.1, 0.15) is 23.7 Å². The van der Waals surface area contributed by atoms with E-state index in [9.17, 15) is 0 Å². The van der Waals surface area contributed by atoms with Crippen LogP contribution < -0.4 is 20.1 Å². The summed E-state index contributed by atoms with van der Waals surface area (Å²) in [7, 11) is -0.475. The quantitative estimate of drug-likeness (QED) is 0.231. The van der Waals surface area contributed by atoms with Crippen molar-refractivity contribution in [1.29, 1.82) is 0 Å². The van der Waals surface area contributed by atoms with Crippen molar-refractivity contribution in [1.82, 2.24) is 0 Å². The minimum Gasteiger partial charge on any atom is -0.489 e. The van der Waals surface area contributed by atoms with Crippen LogP contribution in [0.1, 0.15) is 166 Å². The first-order valence-electron chi connectivity index (χ1n) is 20.9. The van der Waals surface area contributed by atoms with Crippen LogP contribution in [0.4, 0.5) is 0 Å². The summed E-state index contributed by atoms with van der Waals surface area (Å²) in [5.74, 6) is 2.62. The third-order valence-corrected chi connectivity index (χ3v) is 20.0. The minimum absolute atomic E-state index is 0.212. The molecule has 2 heterocycles. The van der Waals surface area contributed by atoms with Crippen LogP contribution in [0.25, 0.3) is 0 Å². The fourth-order valence-electron chi connectivity index (χ4n) is 10.4. The molecule has 2 aromatic carbocycles. The van der Waals surface area contributed by atoms with E-state index in [1.807, 2.05) is 0 Å². The molecular weight excluding hydrogens is 622 g/mol. The highest BCUT2D eigenvalue weighted by Gasteiger charge is 2.38. The molecule has 5 aliphatic rings. The first-order valence-corrected chi connectivity index (χ1v) is 23.8. The van der Waals surface area contributed by atoms with Crippen molar-refractivity contribution in [3.8, 4) is 11.5 Å². The zero-order chi connectivity index (χ0) is 32.7. The predicted molar refractivity (Wildman–Crippen MR) is 210 cm³/mol. The van der Waals surface area contributed by atoms with Crippen molar-refractivity contribution in [2.75, 3.05) is 0 Å². The molecule has 2 nitrogen and oxygen atoms in total. The molecule has 2 aromatic rings. The van der Waals surface area contributed by atoms with Gasteiger partial charge < -0.3 is 9.47 Å². The first-order chi connectivity index (χ1) is 23.7. The highest BCUT2D eigenvalue weighted by molar-refractivity contribution is 7.67. The Morgan fingerprint density at radius 1 is 0.583 bits per heavy atom. The molecule has 4 unspecified atom stereocenters. The van der Waals surface area contributed by atoms with Crippen LogP contribution in [0, 0.1) is 0 Å². The number of fused-ring (bicyclic) bond motifs is 6. The molecule has 0 amide bonds. The monoisotopic (exact) mass is 688 g/mol. The van der Waals surface area contributed by atoms with Crippen molar-refractivity contribution in [3.05, 3.63) is 47.5 Å². The standard InChI is InChI=1S/C44H66O2P2/c1-3-5-22-37(4-2)47(38-23-9-6-10-24-38)41-29-15-18-33-31-36-21-17-20-35(45-43(33)41)32-34-19-16-30-42(44(34)46-36)48(39-25-11-7-12-26-39)40-27-13-8-14-28-40/h15-16,18-19,29-30,35-40H,3-14,17,20-28,31-32H2,1-2H3. The van der Waals surface area contributed by atoms with Gasteiger partial charge in [-0.3, -0.25) is 0 Å². The van der Waals surface area contributed by atoms with Crippen molar-refractivity contribution >= 4 is 26.5 Å². The lowest BCUT2D eigenvalue weighted by atomic mass is 9.99. The van der Waals surface area contributed by atoms with Crippen LogP contribution in [0.15, 0.2) is 36.4 Å². The average molecular weight is 689 g/mol. The highest BCUT2D eigenvalue weighted by Crippen LogP contribution is 2.58. The smallest absolute Gasteiger partial charge is 0.130 e. The number of benzene rings is 2. The molecule has 4 heteroatoms. The van der Waals surface area contributed by atoms with E-state index >= 15 is 0 Å². The summed E-state index contributed by atoms with van der Waals surface area (Å²) in [4.78, 5) is 0. The SMILES string of the molecule is CCCCC(CC)P(c1cccc2c1OC1CCCC(C2)Oc2c(cccc2P(C2CCCCC2)C2CCCCC2)C1)C1CCCCC1. The third kappa shape index (κ3) is 8.17. The zero-order valence-electron chi connectivity index (χ0n) is 30.6. The van der Waals surface area contributed by atoms with Crippen molar-refractivity contribution < 1.29 is 9.47 Å². The van der Waals surface area contributed by atoms with Gasteiger partial charge in [0.25, 0.3) is 0 Å². The van der Waals surface area contributed by atoms with Gasteiger partial charge in [-0.05, 0) is 104 Å². The maximum Gasteiger partial charge on any atom is 0.130 e. The number of hydrogen-bond donors (Lipinski definition) is 0.